The van der Waals surface area contributed by atoms with E-state index in [0.29, 0.717) is 13.2 Å². The largest absolute Gasteiger partial charge is 0.489 e. The first-order valence-electron chi connectivity index (χ1n) is 11.4. The molecule has 164 valence electrons. The molecular weight excluding hydrogens is 404 g/mol. The van der Waals surface area contributed by atoms with Crippen molar-refractivity contribution in [2.45, 2.75) is 38.0 Å². The summed E-state index contributed by atoms with van der Waals surface area (Å²) in [6, 6.07) is 20.6. The second-order valence-corrected chi connectivity index (χ2v) is 9.51. The summed E-state index contributed by atoms with van der Waals surface area (Å²) in [5.74, 6) is 0.822. The lowest BCUT2D eigenvalue weighted by atomic mass is 10.1. The van der Waals surface area contributed by atoms with E-state index in [2.05, 4.69) is 49.1 Å². The second-order valence-electron chi connectivity index (χ2n) is 8.10. The van der Waals surface area contributed by atoms with Gasteiger partial charge in [-0.05, 0) is 73.0 Å². The number of ether oxygens (including phenoxy) is 1. The summed E-state index contributed by atoms with van der Waals surface area (Å²) in [4.78, 5) is 3.36. The molecule has 0 radical (unpaired) electrons. The number of nitrogens with zero attached hydrogens (tertiary/aromatic N) is 2. The van der Waals surface area contributed by atoms with Gasteiger partial charge < -0.3 is 9.64 Å². The van der Waals surface area contributed by atoms with Crippen LogP contribution in [0.2, 0.25) is 0 Å². The van der Waals surface area contributed by atoms with Gasteiger partial charge in [0.15, 0.2) is 11.0 Å². The van der Waals surface area contributed by atoms with Gasteiger partial charge >= 0.3 is 0 Å². The van der Waals surface area contributed by atoms with Crippen molar-refractivity contribution in [3.05, 3.63) is 66.2 Å². The highest BCUT2D eigenvalue weighted by Gasteiger charge is 2.24. The van der Waals surface area contributed by atoms with Crippen molar-refractivity contribution in [1.82, 2.24) is 4.90 Å². The first-order valence-corrected chi connectivity index (χ1v) is 12.5. The first-order chi connectivity index (χ1) is 15.2. The maximum absolute atomic E-state index is 13.5. The van der Waals surface area contributed by atoms with Crippen LogP contribution in [0.4, 0.5) is 5.69 Å². The maximum atomic E-state index is 13.5. The molecule has 0 spiro atoms. The van der Waals surface area contributed by atoms with Gasteiger partial charge in [0.2, 0.25) is 0 Å². The molecule has 1 heterocycles. The second kappa shape index (κ2) is 10.3. The van der Waals surface area contributed by atoms with Gasteiger partial charge in [0.05, 0.1) is 17.1 Å². The molecule has 0 aromatic heterocycles. The van der Waals surface area contributed by atoms with E-state index in [-0.39, 0.29) is 0 Å². The third-order valence-corrected chi connectivity index (χ3v) is 7.20. The average molecular weight is 437 g/mol. The van der Waals surface area contributed by atoms with E-state index in [1.54, 1.807) is 0 Å². The number of fused-ring (bicyclic) bond motifs is 2. The molecule has 0 saturated heterocycles. The van der Waals surface area contributed by atoms with Gasteiger partial charge in [-0.2, -0.15) is 0 Å². The van der Waals surface area contributed by atoms with Crippen molar-refractivity contribution in [1.29, 1.82) is 0 Å². The molecule has 1 unspecified atom stereocenters. The Hall–Kier alpha value is -2.37. The fourth-order valence-corrected chi connectivity index (χ4v) is 5.45. The van der Waals surface area contributed by atoms with Gasteiger partial charge in [0.1, 0.15) is 12.4 Å². The summed E-state index contributed by atoms with van der Waals surface area (Å²) < 4.78 is 21.4. The van der Waals surface area contributed by atoms with E-state index >= 15 is 0 Å². The average Bonchev–Trinajstić information content (AvgIpc) is 2.81. The molecule has 1 atom stereocenters. The summed E-state index contributed by atoms with van der Waals surface area (Å²) in [6.45, 7) is 8.97. The first kappa shape index (κ1) is 21.8. The quantitative estimate of drug-likeness (QED) is 0.449. The third-order valence-electron chi connectivity index (χ3n) is 5.76. The van der Waals surface area contributed by atoms with E-state index in [0.717, 1.165) is 53.2 Å². The Kier molecular flexibility index (Phi) is 7.25. The number of anilines is 1. The van der Waals surface area contributed by atoms with Gasteiger partial charge in [-0.15, -0.1) is 0 Å². The molecule has 0 aliphatic carbocycles. The van der Waals surface area contributed by atoms with Crippen LogP contribution in [0, 0.1) is 0 Å². The highest BCUT2D eigenvalue weighted by atomic mass is 32.2. The normalized spacial score (nSPS) is 14.5. The Labute approximate surface area is 188 Å². The van der Waals surface area contributed by atoms with Crippen LogP contribution < -0.4 is 9.04 Å². The third kappa shape index (κ3) is 5.10. The number of rotatable bonds is 9. The molecule has 5 heteroatoms. The van der Waals surface area contributed by atoms with E-state index < -0.39 is 11.0 Å². The van der Waals surface area contributed by atoms with Gasteiger partial charge in [0, 0.05) is 6.54 Å². The van der Waals surface area contributed by atoms with Crippen molar-refractivity contribution in [3.8, 4) is 5.75 Å². The van der Waals surface area contributed by atoms with Crippen molar-refractivity contribution < 1.29 is 8.95 Å². The summed E-state index contributed by atoms with van der Waals surface area (Å²) in [5.41, 5.74) is 2.20. The van der Waals surface area contributed by atoms with Crippen LogP contribution >= 0.6 is 0 Å². The summed E-state index contributed by atoms with van der Waals surface area (Å²) >= 11 is 0. The van der Waals surface area contributed by atoms with E-state index in [1.807, 2.05) is 34.6 Å². The van der Waals surface area contributed by atoms with Gasteiger partial charge in [-0.3, -0.25) is 4.31 Å². The lowest BCUT2D eigenvalue weighted by molar-refractivity contribution is 0.278. The zero-order valence-electron chi connectivity index (χ0n) is 18.5. The minimum Gasteiger partial charge on any atom is -0.489 e. The predicted octanol–water partition coefficient (Wildman–Crippen LogP) is 5.43. The Balaban J connectivity index is 1.55. The van der Waals surface area contributed by atoms with Gasteiger partial charge in [-0.1, -0.05) is 50.2 Å². The van der Waals surface area contributed by atoms with Crippen molar-refractivity contribution in [2.75, 3.05) is 37.1 Å². The van der Waals surface area contributed by atoms with Gasteiger partial charge in [0.25, 0.3) is 0 Å². The summed E-state index contributed by atoms with van der Waals surface area (Å²) in [5, 5.41) is 2.28. The van der Waals surface area contributed by atoms with Crippen LogP contribution in [-0.4, -0.2) is 41.9 Å². The lowest BCUT2D eigenvalue weighted by Gasteiger charge is -2.30. The zero-order valence-corrected chi connectivity index (χ0v) is 19.4. The van der Waals surface area contributed by atoms with Crippen LogP contribution in [0.3, 0.4) is 0 Å². The maximum Gasteiger partial charge on any atom is 0.153 e. The number of benzene rings is 3. The van der Waals surface area contributed by atoms with Crippen molar-refractivity contribution in [3.63, 3.8) is 0 Å². The summed E-state index contributed by atoms with van der Waals surface area (Å²) in [6.07, 6.45) is 3.34. The molecule has 3 aromatic carbocycles. The fourth-order valence-electron chi connectivity index (χ4n) is 4.22. The minimum atomic E-state index is -1.27. The molecule has 0 bridgehead atoms. The van der Waals surface area contributed by atoms with Crippen LogP contribution in [-0.2, 0) is 17.4 Å². The Morgan fingerprint density at radius 1 is 0.935 bits per heavy atom. The monoisotopic (exact) mass is 436 g/mol. The molecule has 0 N–H and O–H groups in total. The molecule has 1 aliphatic rings. The van der Waals surface area contributed by atoms with Gasteiger partial charge in [-0.25, -0.2) is 4.21 Å². The van der Waals surface area contributed by atoms with E-state index in [9.17, 15) is 4.21 Å². The van der Waals surface area contributed by atoms with Crippen molar-refractivity contribution in [2.24, 2.45) is 0 Å². The Bertz CT molecular complexity index is 1050. The topological polar surface area (TPSA) is 32.8 Å². The highest BCUT2D eigenvalue weighted by Crippen LogP contribution is 2.35. The molecule has 1 aliphatic heterocycles. The molecule has 0 saturated carbocycles. The molecule has 4 nitrogen and oxygen atoms in total. The molecule has 3 aromatic rings. The molecule has 4 rings (SSSR count). The van der Waals surface area contributed by atoms with E-state index in [4.69, 9.17) is 4.74 Å². The molecular formula is C26H32N2O2S. The summed E-state index contributed by atoms with van der Waals surface area (Å²) in [7, 11) is -1.27. The predicted molar refractivity (Wildman–Crippen MR) is 130 cm³/mol. The smallest absolute Gasteiger partial charge is 0.153 e. The molecule has 0 fully saturated rings. The molecule has 0 amide bonds. The Morgan fingerprint density at radius 2 is 1.71 bits per heavy atom. The van der Waals surface area contributed by atoms with Crippen molar-refractivity contribution >= 4 is 27.4 Å². The lowest BCUT2D eigenvalue weighted by Crippen LogP contribution is -2.34. The van der Waals surface area contributed by atoms with Crippen LogP contribution in [0.1, 0.15) is 32.3 Å². The molecule has 31 heavy (non-hydrogen) atoms. The number of hydrogen-bond donors (Lipinski definition) is 0. The SMILES string of the molecule is CCCN(CCC)CCc1ccc2c(c1)N(S(=O)c1ccc3ccccc3c1)CCO2. The minimum absolute atomic E-state index is 0.548. The standard InChI is InChI=1S/C26H32N2O2S/c1-3-14-27(15-4-2)16-13-21-9-12-26-25(19-21)28(17-18-30-26)31(29)24-11-10-22-7-5-6-8-23(22)20-24/h5-12,19-20H,3-4,13-18H2,1-2H3. The fraction of sp³-hybridized carbons (Fsp3) is 0.385. The number of hydrogen-bond acceptors (Lipinski definition) is 3. The van der Waals surface area contributed by atoms with Crippen LogP contribution in [0.5, 0.6) is 5.75 Å². The Morgan fingerprint density at radius 3 is 2.48 bits per heavy atom. The van der Waals surface area contributed by atoms with E-state index in [1.165, 1.54) is 18.4 Å². The van der Waals surface area contributed by atoms with Crippen LogP contribution in [0.15, 0.2) is 65.6 Å². The van der Waals surface area contributed by atoms with Crippen LogP contribution in [0.25, 0.3) is 10.8 Å². The highest BCUT2D eigenvalue weighted by molar-refractivity contribution is 7.86. The zero-order chi connectivity index (χ0) is 21.6.